The van der Waals surface area contributed by atoms with Crippen molar-refractivity contribution in [3.63, 3.8) is 0 Å². The number of hydrogen-bond acceptors (Lipinski definition) is 6. The normalized spacial score (nSPS) is 28.4. The highest BCUT2D eigenvalue weighted by atomic mass is 16.7. The van der Waals surface area contributed by atoms with Gasteiger partial charge in [-0.2, -0.15) is 0 Å². The van der Waals surface area contributed by atoms with Crippen LogP contribution in [0.5, 0.6) is 11.5 Å². The maximum absolute atomic E-state index is 12.7. The van der Waals surface area contributed by atoms with Crippen LogP contribution >= 0.6 is 0 Å². The third kappa shape index (κ3) is 2.43. The van der Waals surface area contributed by atoms with E-state index in [2.05, 4.69) is 13.5 Å². The summed E-state index contributed by atoms with van der Waals surface area (Å²) in [4.78, 5) is 12.7. The minimum Gasteiger partial charge on any atom is -0.493 e. The molecule has 1 fully saturated rings. The van der Waals surface area contributed by atoms with Crippen LogP contribution in [0.3, 0.4) is 0 Å². The van der Waals surface area contributed by atoms with E-state index < -0.39 is 5.41 Å². The van der Waals surface area contributed by atoms with E-state index in [-0.39, 0.29) is 36.1 Å². The van der Waals surface area contributed by atoms with E-state index in [9.17, 15) is 4.79 Å². The summed E-state index contributed by atoms with van der Waals surface area (Å²) < 4.78 is 28.0. The molecule has 0 bridgehead atoms. The van der Waals surface area contributed by atoms with Gasteiger partial charge in [-0.15, -0.1) is 6.58 Å². The first-order chi connectivity index (χ1) is 13.1. The second-order valence-electron chi connectivity index (χ2n) is 6.88. The van der Waals surface area contributed by atoms with Gasteiger partial charge in [0.1, 0.15) is 6.10 Å². The van der Waals surface area contributed by atoms with Gasteiger partial charge in [0, 0.05) is 5.92 Å². The van der Waals surface area contributed by atoms with Gasteiger partial charge < -0.3 is 23.7 Å². The Bertz CT molecular complexity index is 867. The summed E-state index contributed by atoms with van der Waals surface area (Å²) >= 11 is 0. The van der Waals surface area contributed by atoms with Gasteiger partial charge in [0.05, 0.1) is 19.6 Å². The van der Waals surface area contributed by atoms with Crippen LogP contribution in [0.15, 0.2) is 54.2 Å². The quantitative estimate of drug-likeness (QED) is 0.737. The maximum atomic E-state index is 12.7. The lowest BCUT2D eigenvalue weighted by molar-refractivity contribution is -0.119. The Kier molecular flexibility index (Phi) is 4.13. The van der Waals surface area contributed by atoms with E-state index in [1.807, 2.05) is 30.4 Å². The molecule has 0 amide bonds. The van der Waals surface area contributed by atoms with Gasteiger partial charge in [-0.05, 0) is 30.2 Å². The molecule has 3 atom stereocenters. The van der Waals surface area contributed by atoms with E-state index in [1.54, 1.807) is 0 Å². The lowest BCUT2D eigenvalue weighted by Crippen LogP contribution is -2.32. The van der Waals surface area contributed by atoms with Gasteiger partial charge in [0.15, 0.2) is 23.0 Å². The summed E-state index contributed by atoms with van der Waals surface area (Å²) in [5.41, 5.74) is 0.389. The van der Waals surface area contributed by atoms with E-state index in [0.29, 0.717) is 17.9 Å². The molecule has 0 radical (unpaired) electrons. The molecule has 0 spiro atoms. The molecule has 1 aromatic carbocycles. The number of rotatable bonds is 5. The highest BCUT2D eigenvalue weighted by Gasteiger charge is 2.56. The molecule has 27 heavy (non-hydrogen) atoms. The molecule has 0 saturated carbocycles. The zero-order valence-electron chi connectivity index (χ0n) is 15.6. The smallest absolute Gasteiger partial charge is 0.265 e. The van der Waals surface area contributed by atoms with Crippen LogP contribution in [0, 0.1) is 11.3 Å². The molecule has 0 unspecified atom stereocenters. The highest BCUT2D eigenvalue weighted by Crippen LogP contribution is 2.59. The van der Waals surface area contributed by atoms with Crippen LogP contribution in [0.4, 0.5) is 0 Å². The molecule has 142 valence electrons. The minimum atomic E-state index is -0.562. The molecule has 4 rings (SSSR count). The number of carbonyl (C=O) groups is 1. The maximum Gasteiger partial charge on any atom is 0.265 e. The van der Waals surface area contributed by atoms with Crippen molar-refractivity contribution in [1.82, 2.24) is 0 Å². The molecule has 6 heteroatoms. The zero-order valence-corrected chi connectivity index (χ0v) is 15.6. The predicted molar refractivity (Wildman–Crippen MR) is 96.9 cm³/mol. The lowest BCUT2D eigenvalue weighted by Gasteiger charge is -2.32. The summed E-state index contributed by atoms with van der Waals surface area (Å²) in [6, 6.07) is 5.77. The number of ketones is 1. The molecule has 1 saturated heterocycles. The Balaban J connectivity index is 1.83. The van der Waals surface area contributed by atoms with E-state index in [4.69, 9.17) is 23.7 Å². The fraction of sp³-hybridized carbons (Fsp3) is 0.381. The third-order valence-electron chi connectivity index (χ3n) is 5.59. The second kappa shape index (κ2) is 6.37. The molecule has 2 heterocycles. The van der Waals surface area contributed by atoms with Gasteiger partial charge in [-0.25, -0.2) is 0 Å². The molecule has 6 nitrogen and oxygen atoms in total. The highest BCUT2D eigenvalue weighted by molar-refractivity contribution is 6.07. The van der Waals surface area contributed by atoms with Crippen molar-refractivity contribution in [3.05, 3.63) is 59.8 Å². The van der Waals surface area contributed by atoms with Gasteiger partial charge >= 0.3 is 0 Å². The molecule has 0 aromatic heterocycles. The van der Waals surface area contributed by atoms with Gasteiger partial charge in [0.2, 0.25) is 12.6 Å². The van der Waals surface area contributed by atoms with Crippen molar-refractivity contribution in [2.45, 2.75) is 19.4 Å². The molecule has 3 aliphatic rings. The van der Waals surface area contributed by atoms with Crippen LogP contribution < -0.4 is 9.47 Å². The van der Waals surface area contributed by atoms with Gasteiger partial charge in [0.25, 0.3) is 5.78 Å². The van der Waals surface area contributed by atoms with Crippen LogP contribution in [0.25, 0.3) is 0 Å². The summed E-state index contributed by atoms with van der Waals surface area (Å²) in [5, 5.41) is 0. The Morgan fingerprint density at radius 2 is 2.04 bits per heavy atom. The average molecular weight is 370 g/mol. The molecule has 2 aliphatic heterocycles. The number of allylic oxidation sites excluding steroid dienone is 2. The Labute approximate surface area is 158 Å². The predicted octanol–water partition coefficient (Wildman–Crippen LogP) is 3.66. The molecular weight excluding hydrogens is 348 g/mol. The Morgan fingerprint density at radius 3 is 2.74 bits per heavy atom. The van der Waals surface area contributed by atoms with E-state index in [0.717, 1.165) is 11.3 Å². The minimum absolute atomic E-state index is 0.00858. The van der Waals surface area contributed by atoms with Crippen LogP contribution in [-0.4, -0.2) is 26.8 Å². The zero-order chi connectivity index (χ0) is 19.2. The SMILES string of the molecule is C=CC[C@@]12C=C(OC)C(=O)C(OC)=C1O[C@H](c1ccc3c(c1)OCO3)[C@H]2C. The van der Waals surface area contributed by atoms with Crippen molar-refractivity contribution in [1.29, 1.82) is 0 Å². The van der Waals surface area contributed by atoms with Crippen molar-refractivity contribution in [3.8, 4) is 11.5 Å². The van der Waals surface area contributed by atoms with E-state index in [1.165, 1.54) is 14.2 Å². The largest absolute Gasteiger partial charge is 0.493 e. The summed E-state index contributed by atoms with van der Waals surface area (Å²) in [5.74, 6) is 2.09. The first-order valence-electron chi connectivity index (χ1n) is 8.83. The standard InChI is InChI=1S/C21H22O6/c1-5-8-21-10-16(23-3)17(22)19(24-4)20(21)27-18(12(21)2)13-6-7-14-15(9-13)26-11-25-14/h5-7,9-10,12,18H,1,8,11H2,2-4H3/t12-,18+,21+/m1/s1. The molecular formula is C21H22O6. The third-order valence-corrected chi connectivity index (χ3v) is 5.59. The first kappa shape index (κ1) is 17.5. The second-order valence-corrected chi connectivity index (χ2v) is 6.88. The summed E-state index contributed by atoms with van der Waals surface area (Å²) in [6.07, 6.45) is 4.00. The summed E-state index contributed by atoms with van der Waals surface area (Å²) in [6.45, 7) is 6.21. The number of fused-ring (bicyclic) bond motifs is 2. The van der Waals surface area contributed by atoms with Gasteiger partial charge in [-0.1, -0.05) is 19.1 Å². The van der Waals surface area contributed by atoms with E-state index >= 15 is 0 Å². The molecule has 0 N–H and O–H groups in total. The number of carbonyl (C=O) groups excluding carboxylic acids is 1. The summed E-state index contributed by atoms with van der Waals surface area (Å²) in [7, 11) is 2.96. The fourth-order valence-electron chi connectivity index (χ4n) is 4.15. The fourth-order valence-corrected chi connectivity index (χ4v) is 4.15. The van der Waals surface area contributed by atoms with Crippen molar-refractivity contribution >= 4 is 5.78 Å². The average Bonchev–Trinajstić information content (AvgIpc) is 3.25. The van der Waals surface area contributed by atoms with Crippen molar-refractivity contribution in [2.75, 3.05) is 21.0 Å². The Morgan fingerprint density at radius 1 is 1.26 bits per heavy atom. The molecule has 1 aromatic rings. The molecule has 1 aliphatic carbocycles. The van der Waals surface area contributed by atoms with Crippen molar-refractivity contribution in [2.24, 2.45) is 11.3 Å². The van der Waals surface area contributed by atoms with Crippen LogP contribution in [-0.2, 0) is 19.0 Å². The van der Waals surface area contributed by atoms with Crippen LogP contribution in [0.2, 0.25) is 0 Å². The number of Topliss-reactive ketones (excluding diaryl/α,β-unsaturated/α-hetero) is 1. The monoisotopic (exact) mass is 370 g/mol. The first-order valence-corrected chi connectivity index (χ1v) is 8.83. The lowest BCUT2D eigenvalue weighted by atomic mass is 9.68. The number of methoxy groups -OCH3 is 2. The van der Waals surface area contributed by atoms with Gasteiger partial charge in [-0.3, -0.25) is 4.79 Å². The van der Waals surface area contributed by atoms with Crippen LogP contribution in [0.1, 0.15) is 25.0 Å². The van der Waals surface area contributed by atoms with Crippen molar-refractivity contribution < 1.29 is 28.5 Å². The Hall–Kier alpha value is -2.89. The number of hydrogen-bond donors (Lipinski definition) is 0. The topological polar surface area (TPSA) is 63.2 Å². The number of ether oxygens (including phenoxy) is 5. The number of benzene rings is 1.